The molecule has 0 bridgehead atoms. The Morgan fingerprint density at radius 2 is 1.26 bits per heavy atom. The lowest BCUT2D eigenvalue weighted by Crippen LogP contribution is -2.58. The van der Waals surface area contributed by atoms with Crippen LogP contribution in [0.3, 0.4) is 0 Å². The van der Waals surface area contributed by atoms with Crippen LogP contribution in [0.4, 0.5) is 0 Å². The van der Waals surface area contributed by atoms with Gasteiger partial charge in [0.15, 0.2) is 5.96 Å². The Morgan fingerprint density at radius 3 is 1.86 bits per heavy atom. The second-order valence-electron chi connectivity index (χ2n) is 11.9. The van der Waals surface area contributed by atoms with Gasteiger partial charge in [-0.1, -0.05) is 42.5 Å². The van der Waals surface area contributed by atoms with Gasteiger partial charge in [-0.2, -0.15) is 0 Å². The minimum Gasteiger partial charge on any atom is -0.508 e. The molecule has 15 nitrogen and oxygen atoms in total. The molecule has 0 aliphatic rings. The highest BCUT2D eigenvalue weighted by molar-refractivity contribution is 5.95. The number of carbonyl (C=O) groups is 4. The molecule has 4 unspecified atom stereocenters. The monoisotopic (exact) mass is 686 g/mol. The summed E-state index contributed by atoms with van der Waals surface area (Å²) in [4.78, 5) is 60.1. The van der Waals surface area contributed by atoms with Crippen LogP contribution in [0.1, 0.15) is 29.5 Å². The lowest BCUT2D eigenvalue weighted by Gasteiger charge is -2.25. The standard InChI is InChI=1S/C35H42N8O7/c36-26(16-20-7-11-23(44)12-8-20)31(46)42-30(18-22-19-40-27-5-2-1-4-25(22)27)33(48)43-29(17-21-9-13-24(45)14-10-21)32(47)41-28(34(49)50)6-3-15-39-35(37)38/h1-2,4-5,7-14,19,26,28-30,40,44-45H,3,6,15-18,36H2,(H,41,47)(H,42,46)(H,43,48)(H,49,50)(H4,37,38,39). The van der Waals surface area contributed by atoms with Crippen molar-refractivity contribution in [1.29, 1.82) is 0 Å². The zero-order valence-electron chi connectivity index (χ0n) is 27.2. The molecule has 13 N–H and O–H groups in total. The van der Waals surface area contributed by atoms with Crippen molar-refractivity contribution in [2.75, 3.05) is 6.54 Å². The number of nitrogens with one attached hydrogen (secondary N) is 4. The number of nitrogens with zero attached hydrogens (tertiary/aromatic N) is 1. The van der Waals surface area contributed by atoms with Crippen LogP contribution < -0.4 is 33.2 Å². The number of aromatic amines is 1. The van der Waals surface area contributed by atoms with Crippen LogP contribution in [0.25, 0.3) is 10.9 Å². The predicted octanol–water partition coefficient (Wildman–Crippen LogP) is 0.527. The summed E-state index contributed by atoms with van der Waals surface area (Å²) in [5.41, 5.74) is 19.7. The second-order valence-corrected chi connectivity index (χ2v) is 11.9. The van der Waals surface area contributed by atoms with E-state index in [0.717, 1.165) is 16.5 Å². The number of benzene rings is 3. The number of fused-ring (bicyclic) bond motifs is 1. The van der Waals surface area contributed by atoms with Crippen molar-refractivity contribution >= 4 is 40.6 Å². The number of guanidine groups is 1. The van der Waals surface area contributed by atoms with Gasteiger partial charge in [0.1, 0.15) is 29.6 Å². The van der Waals surface area contributed by atoms with Gasteiger partial charge in [0.05, 0.1) is 6.04 Å². The predicted molar refractivity (Wildman–Crippen MR) is 187 cm³/mol. The first-order chi connectivity index (χ1) is 23.9. The number of carboxylic acids is 1. The number of aliphatic imine (C=N–C) groups is 1. The fraction of sp³-hybridized carbons (Fsp3) is 0.286. The van der Waals surface area contributed by atoms with Gasteiger partial charge in [-0.05, 0) is 66.3 Å². The molecule has 264 valence electrons. The molecule has 4 rings (SSSR count). The number of carboxylic acid groups (broad SMARTS) is 1. The van der Waals surface area contributed by atoms with Crippen LogP contribution >= 0.6 is 0 Å². The molecule has 0 aliphatic heterocycles. The Labute approximate surface area is 288 Å². The van der Waals surface area contributed by atoms with E-state index in [2.05, 4.69) is 25.9 Å². The molecule has 0 saturated carbocycles. The number of amides is 3. The zero-order chi connectivity index (χ0) is 36.2. The number of carbonyl (C=O) groups excluding carboxylic acids is 3. The Balaban J connectivity index is 1.58. The fourth-order valence-electron chi connectivity index (χ4n) is 5.37. The van der Waals surface area contributed by atoms with Crippen LogP contribution in [-0.4, -0.2) is 80.7 Å². The van der Waals surface area contributed by atoms with Crippen LogP contribution in [0, 0.1) is 0 Å². The van der Waals surface area contributed by atoms with E-state index in [-0.39, 0.29) is 56.1 Å². The number of phenolic OH excluding ortho intramolecular Hbond substituents is 2. The third-order valence-corrected chi connectivity index (χ3v) is 8.03. The molecule has 3 aromatic carbocycles. The number of para-hydroxylation sites is 1. The third kappa shape index (κ3) is 10.7. The molecule has 0 radical (unpaired) electrons. The highest BCUT2D eigenvalue weighted by atomic mass is 16.4. The highest BCUT2D eigenvalue weighted by Crippen LogP contribution is 2.20. The molecule has 15 heteroatoms. The number of phenols is 2. The van der Waals surface area contributed by atoms with E-state index in [0.29, 0.717) is 11.1 Å². The molecule has 1 aromatic heterocycles. The van der Waals surface area contributed by atoms with Crippen molar-refractivity contribution in [2.45, 2.75) is 56.3 Å². The van der Waals surface area contributed by atoms with E-state index >= 15 is 0 Å². The Kier molecular flexibility index (Phi) is 12.7. The zero-order valence-corrected chi connectivity index (χ0v) is 27.2. The second kappa shape index (κ2) is 17.3. The normalized spacial score (nSPS) is 13.4. The molecule has 1 heterocycles. The summed E-state index contributed by atoms with van der Waals surface area (Å²) in [6.45, 7) is 0.153. The molecule has 0 aliphatic carbocycles. The molecule has 4 atom stereocenters. The number of aromatic hydroxyl groups is 2. The van der Waals surface area contributed by atoms with Crippen molar-refractivity contribution in [3.8, 4) is 11.5 Å². The average molecular weight is 687 g/mol. The third-order valence-electron chi connectivity index (χ3n) is 8.03. The van der Waals surface area contributed by atoms with Crippen molar-refractivity contribution in [3.05, 3.63) is 95.7 Å². The van der Waals surface area contributed by atoms with Gasteiger partial charge in [0, 0.05) is 36.5 Å². The van der Waals surface area contributed by atoms with Crippen LogP contribution in [0.15, 0.2) is 84.0 Å². The van der Waals surface area contributed by atoms with Gasteiger partial charge >= 0.3 is 5.97 Å². The maximum absolute atomic E-state index is 14.0. The van der Waals surface area contributed by atoms with Crippen LogP contribution in [0.5, 0.6) is 11.5 Å². The number of H-pyrrole nitrogens is 1. The lowest BCUT2D eigenvalue weighted by atomic mass is 10.0. The molecule has 0 fully saturated rings. The largest absolute Gasteiger partial charge is 0.508 e. The molecule has 50 heavy (non-hydrogen) atoms. The SMILES string of the molecule is NC(N)=NCCCC(NC(=O)C(Cc1ccc(O)cc1)NC(=O)C(Cc1c[nH]c2ccccc12)NC(=O)C(N)Cc1ccc(O)cc1)C(=O)O. The molecule has 4 aromatic rings. The van der Waals surface area contributed by atoms with Gasteiger partial charge in [-0.15, -0.1) is 0 Å². The molecule has 3 amide bonds. The summed E-state index contributed by atoms with van der Waals surface area (Å²) in [6.07, 6.45) is 2.09. The van der Waals surface area contributed by atoms with Gasteiger partial charge in [0.2, 0.25) is 17.7 Å². The summed E-state index contributed by atoms with van der Waals surface area (Å²) >= 11 is 0. The topological polar surface area (TPSA) is 271 Å². The van der Waals surface area contributed by atoms with E-state index in [9.17, 15) is 34.5 Å². The lowest BCUT2D eigenvalue weighted by molar-refractivity contribution is -0.142. The minimum atomic E-state index is -1.31. The van der Waals surface area contributed by atoms with Crippen LogP contribution in [-0.2, 0) is 38.4 Å². The maximum atomic E-state index is 14.0. The molecule has 0 spiro atoms. The van der Waals surface area contributed by atoms with Gasteiger partial charge in [-0.25, -0.2) is 4.79 Å². The molecular weight excluding hydrogens is 644 g/mol. The van der Waals surface area contributed by atoms with Crippen molar-refractivity contribution in [1.82, 2.24) is 20.9 Å². The van der Waals surface area contributed by atoms with Gasteiger partial charge in [0.25, 0.3) is 0 Å². The summed E-state index contributed by atoms with van der Waals surface area (Å²) in [7, 11) is 0. The smallest absolute Gasteiger partial charge is 0.326 e. The number of hydrogen-bond donors (Lipinski definition) is 10. The number of rotatable bonds is 17. The van der Waals surface area contributed by atoms with Gasteiger partial charge < -0.3 is 53.5 Å². The first-order valence-electron chi connectivity index (χ1n) is 15.9. The molecule has 0 saturated heterocycles. The fourth-order valence-corrected chi connectivity index (χ4v) is 5.37. The number of hydrogen-bond acceptors (Lipinski definition) is 8. The minimum absolute atomic E-state index is 0.00403. The van der Waals surface area contributed by atoms with E-state index in [4.69, 9.17) is 17.2 Å². The highest BCUT2D eigenvalue weighted by Gasteiger charge is 2.31. The number of aromatic nitrogens is 1. The van der Waals surface area contributed by atoms with E-state index < -0.39 is 47.9 Å². The average Bonchev–Trinajstić information content (AvgIpc) is 3.49. The maximum Gasteiger partial charge on any atom is 0.326 e. The Hall–Kier alpha value is -6.09. The number of nitrogens with two attached hydrogens (primary N) is 3. The Morgan fingerprint density at radius 1 is 0.720 bits per heavy atom. The number of aliphatic carboxylic acids is 1. The summed E-state index contributed by atoms with van der Waals surface area (Å²) in [6, 6.07) is 14.8. The van der Waals surface area contributed by atoms with Gasteiger partial charge in [-0.3, -0.25) is 19.4 Å². The Bertz CT molecular complexity index is 1800. The van der Waals surface area contributed by atoms with E-state index in [1.807, 2.05) is 24.3 Å². The summed E-state index contributed by atoms with van der Waals surface area (Å²) < 4.78 is 0. The summed E-state index contributed by atoms with van der Waals surface area (Å²) in [5.74, 6) is -3.48. The van der Waals surface area contributed by atoms with E-state index in [1.54, 1.807) is 30.5 Å². The molecular formula is C35H42N8O7. The van der Waals surface area contributed by atoms with Crippen LogP contribution in [0.2, 0.25) is 0 Å². The first-order valence-corrected chi connectivity index (χ1v) is 15.9. The quantitative estimate of drug-likeness (QED) is 0.0418. The van der Waals surface area contributed by atoms with Crippen molar-refractivity contribution < 1.29 is 34.5 Å². The van der Waals surface area contributed by atoms with E-state index in [1.165, 1.54) is 24.3 Å². The van der Waals surface area contributed by atoms with Crippen molar-refractivity contribution in [3.63, 3.8) is 0 Å². The summed E-state index contributed by atoms with van der Waals surface area (Å²) in [5, 5.41) is 38.0. The first kappa shape index (κ1) is 36.7. The van der Waals surface area contributed by atoms with Crippen molar-refractivity contribution in [2.24, 2.45) is 22.2 Å².